The number of pyridine rings is 1. The molecule has 0 unspecified atom stereocenters. The highest BCUT2D eigenvalue weighted by molar-refractivity contribution is 6.10. The maximum Gasteiger partial charge on any atom is 0.284 e. The van der Waals surface area contributed by atoms with Crippen LogP contribution in [0.15, 0.2) is 18.3 Å². The third-order valence-electron chi connectivity index (χ3n) is 3.31. The SMILES string of the molecule is CN(F)C(=O)c1cc2c(cc1F)nc(N)c1c2cnn1C. The van der Waals surface area contributed by atoms with Crippen molar-refractivity contribution >= 4 is 33.5 Å². The van der Waals surface area contributed by atoms with E-state index in [-0.39, 0.29) is 22.0 Å². The maximum atomic E-state index is 14.0. The summed E-state index contributed by atoms with van der Waals surface area (Å²) in [6.07, 6.45) is 1.54. The first-order chi connectivity index (χ1) is 9.90. The minimum Gasteiger partial charge on any atom is -0.382 e. The minimum absolute atomic E-state index is 0.171. The molecule has 0 saturated heterocycles. The molecule has 0 aliphatic rings. The van der Waals surface area contributed by atoms with Crippen LogP contribution in [0.25, 0.3) is 21.8 Å². The van der Waals surface area contributed by atoms with Crippen LogP contribution in [0.5, 0.6) is 0 Å². The summed E-state index contributed by atoms with van der Waals surface area (Å²) in [6, 6.07) is 2.33. The van der Waals surface area contributed by atoms with Crippen LogP contribution in [-0.4, -0.2) is 32.8 Å². The number of aryl methyl sites for hydroxylation is 1. The van der Waals surface area contributed by atoms with Gasteiger partial charge in [0.1, 0.15) is 17.2 Å². The highest BCUT2D eigenvalue weighted by atomic mass is 19.2. The van der Waals surface area contributed by atoms with Crippen molar-refractivity contribution in [1.82, 2.24) is 19.9 Å². The van der Waals surface area contributed by atoms with E-state index in [4.69, 9.17) is 5.73 Å². The van der Waals surface area contributed by atoms with Crippen LogP contribution in [0.3, 0.4) is 0 Å². The van der Waals surface area contributed by atoms with Crippen molar-refractivity contribution in [3.63, 3.8) is 0 Å². The number of nitrogen functional groups attached to an aromatic ring is 1. The molecule has 0 spiro atoms. The van der Waals surface area contributed by atoms with E-state index in [0.717, 1.165) is 13.1 Å². The number of nitrogens with zero attached hydrogens (tertiary/aromatic N) is 4. The Morgan fingerprint density at radius 3 is 2.76 bits per heavy atom. The molecule has 108 valence electrons. The van der Waals surface area contributed by atoms with Crippen LogP contribution in [0.4, 0.5) is 14.7 Å². The lowest BCUT2D eigenvalue weighted by molar-refractivity contribution is 0.0338. The standard InChI is InChI=1S/C13H11F2N5O/c1-19(15)13(21)7-3-6-8-5-17-20(2)11(8)12(16)18-10(6)4-9(7)14/h3-5H,1-2H3,(H2,16,18). The normalized spacial score (nSPS) is 11.2. The first kappa shape index (κ1) is 13.2. The number of fused-ring (bicyclic) bond motifs is 3. The predicted octanol–water partition coefficient (Wildman–Crippen LogP) is 1.80. The lowest BCUT2D eigenvalue weighted by atomic mass is 10.1. The zero-order valence-corrected chi connectivity index (χ0v) is 11.3. The van der Waals surface area contributed by atoms with Gasteiger partial charge in [-0.05, 0) is 6.07 Å². The highest BCUT2D eigenvalue weighted by Gasteiger charge is 2.19. The van der Waals surface area contributed by atoms with E-state index < -0.39 is 11.7 Å². The van der Waals surface area contributed by atoms with Crippen molar-refractivity contribution in [3.8, 4) is 0 Å². The zero-order valence-electron chi connectivity index (χ0n) is 11.3. The van der Waals surface area contributed by atoms with Gasteiger partial charge in [0.05, 0.1) is 17.3 Å². The van der Waals surface area contributed by atoms with Gasteiger partial charge in [-0.1, -0.05) is 4.48 Å². The Bertz CT molecular complexity index is 887. The van der Waals surface area contributed by atoms with E-state index in [0.29, 0.717) is 16.3 Å². The number of anilines is 1. The van der Waals surface area contributed by atoms with Gasteiger partial charge in [0.25, 0.3) is 5.91 Å². The van der Waals surface area contributed by atoms with Crippen molar-refractivity contribution in [1.29, 1.82) is 0 Å². The zero-order chi connectivity index (χ0) is 15.3. The van der Waals surface area contributed by atoms with Crippen molar-refractivity contribution in [2.75, 3.05) is 12.8 Å². The summed E-state index contributed by atoms with van der Waals surface area (Å²) in [7, 11) is 2.60. The largest absolute Gasteiger partial charge is 0.382 e. The number of hydrogen-bond acceptors (Lipinski definition) is 4. The fourth-order valence-electron chi connectivity index (χ4n) is 2.32. The van der Waals surface area contributed by atoms with Crippen LogP contribution in [0.1, 0.15) is 10.4 Å². The first-order valence-electron chi connectivity index (χ1n) is 6.04. The van der Waals surface area contributed by atoms with Gasteiger partial charge in [-0.25, -0.2) is 9.37 Å². The molecule has 1 aromatic carbocycles. The molecule has 0 aliphatic carbocycles. The fraction of sp³-hybridized carbons (Fsp3) is 0.154. The molecule has 0 atom stereocenters. The first-order valence-corrected chi connectivity index (χ1v) is 6.04. The summed E-state index contributed by atoms with van der Waals surface area (Å²) in [5.74, 6) is -1.71. The molecule has 1 amide bonds. The van der Waals surface area contributed by atoms with Crippen molar-refractivity contribution < 1.29 is 13.7 Å². The van der Waals surface area contributed by atoms with Crippen LogP contribution < -0.4 is 5.73 Å². The average molecular weight is 291 g/mol. The van der Waals surface area contributed by atoms with Crippen LogP contribution in [0, 0.1) is 5.82 Å². The number of amides is 1. The summed E-state index contributed by atoms with van der Waals surface area (Å²) in [5, 5.41) is 5.01. The number of carbonyl (C=O) groups excluding carboxylic acids is 1. The number of carbonyl (C=O) groups is 1. The molecular formula is C13H11F2N5O. The summed E-state index contributed by atoms with van der Waals surface area (Å²) < 4.78 is 28.5. The summed E-state index contributed by atoms with van der Waals surface area (Å²) in [5.41, 5.74) is 6.31. The Morgan fingerprint density at radius 1 is 1.38 bits per heavy atom. The number of hydrogen-bond donors (Lipinski definition) is 1. The van der Waals surface area contributed by atoms with Gasteiger partial charge < -0.3 is 5.73 Å². The molecule has 8 heteroatoms. The Morgan fingerprint density at radius 2 is 2.10 bits per heavy atom. The van der Waals surface area contributed by atoms with Gasteiger partial charge in [-0.3, -0.25) is 9.48 Å². The molecular weight excluding hydrogens is 280 g/mol. The van der Waals surface area contributed by atoms with E-state index in [1.54, 1.807) is 13.2 Å². The molecule has 0 bridgehead atoms. The fourth-order valence-corrected chi connectivity index (χ4v) is 2.32. The molecule has 0 aliphatic heterocycles. The molecule has 0 radical (unpaired) electrons. The van der Waals surface area contributed by atoms with Crippen molar-refractivity contribution in [2.24, 2.45) is 7.05 Å². The predicted molar refractivity (Wildman–Crippen MR) is 73.6 cm³/mol. The minimum atomic E-state index is -1.07. The van der Waals surface area contributed by atoms with E-state index in [9.17, 15) is 13.7 Å². The number of nitrogens with two attached hydrogens (primary N) is 1. The van der Waals surface area contributed by atoms with Crippen LogP contribution >= 0.6 is 0 Å². The summed E-state index contributed by atoms with van der Waals surface area (Å²) in [4.78, 5) is 15.8. The third-order valence-corrected chi connectivity index (χ3v) is 3.31. The monoisotopic (exact) mass is 291 g/mol. The molecule has 6 nitrogen and oxygen atoms in total. The number of benzene rings is 1. The highest BCUT2D eigenvalue weighted by Crippen LogP contribution is 2.29. The van der Waals surface area contributed by atoms with Gasteiger partial charge in [0, 0.05) is 30.9 Å². The molecule has 0 saturated carbocycles. The molecule has 21 heavy (non-hydrogen) atoms. The van der Waals surface area contributed by atoms with Gasteiger partial charge >= 0.3 is 0 Å². The Balaban J connectivity index is 2.41. The van der Waals surface area contributed by atoms with Crippen LogP contribution in [0.2, 0.25) is 0 Å². The summed E-state index contributed by atoms with van der Waals surface area (Å²) >= 11 is 0. The summed E-state index contributed by atoms with van der Waals surface area (Å²) in [6.45, 7) is 0. The quantitative estimate of drug-likeness (QED) is 0.693. The van der Waals surface area contributed by atoms with Gasteiger partial charge in [0.15, 0.2) is 0 Å². The second-order valence-corrected chi connectivity index (χ2v) is 4.66. The molecule has 3 aromatic rings. The van der Waals surface area contributed by atoms with Crippen LogP contribution in [-0.2, 0) is 7.05 Å². The third kappa shape index (κ3) is 1.87. The van der Waals surface area contributed by atoms with Gasteiger partial charge in [-0.2, -0.15) is 10.2 Å². The average Bonchev–Trinajstić information content (AvgIpc) is 2.80. The maximum absolute atomic E-state index is 14.0. The van der Waals surface area contributed by atoms with Crippen molar-refractivity contribution in [2.45, 2.75) is 0 Å². The van der Waals surface area contributed by atoms with E-state index in [2.05, 4.69) is 10.1 Å². The Labute approximate surface area is 117 Å². The van der Waals surface area contributed by atoms with E-state index in [1.807, 2.05) is 0 Å². The molecule has 2 aromatic heterocycles. The number of aromatic nitrogens is 3. The van der Waals surface area contributed by atoms with E-state index in [1.165, 1.54) is 10.7 Å². The molecule has 0 fully saturated rings. The van der Waals surface area contributed by atoms with Crippen molar-refractivity contribution in [3.05, 3.63) is 29.7 Å². The van der Waals surface area contributed by atoms with Gasteiger partial charge in [-0.15, -0.1) is 0 Å². The lowest BCUT2D eigenvalue weighted by Crippen LogP contribution is -2.19. The van der Waals surface area contributed by atoms with Gasteiger partial charge in [0.2, 0.25) is 0 Å². The second kappa shape index (κ2) is 4.37. The second-order valence-electron chi connectivity index (χ2n) is 4.66. The van der Waals surface area contributed by atoms with E-state index >= 15 is 0 Å². The molecule has 2 N–H and O–H groups in total. The number of rotatable bonds is 1. The topological polar surface area (TPSA) is 77.0 Å². The number of halogens is 2. The Kier molecular flexibility index (Phi) is 2.75. The molecule has 2 heterocycles. The smallest absolute Gasteiger partial charge is 0.284 e. The lowest BCUT2D eigenvalue weighted by Gasteiger charge is -2.09. The Hall–Kier alpha value is -2.77. The molecule has 3 rings (SSSR count).